The Kier molecular flexibility index (Phi) is 6.22. The normalized spacial score (nSPS) is 21.1. The highest BCUT2D eigenvalue weighted by atomic mass is 16.3. The lowest BCUT2D eigenvalue weighted by Gasteiger charge is -2.42. The lowest BCUT2D eigenvalue weighted by molar-refractivity contribution is 0.0477. The third kappa shape index (κ3) is 5.10. The molecule has 1 aliphatic heterocycles. The van der Waals surface area contributed by atoms with Crippen molar-refractivity contribution in [3.8, 4) is 0 Å². The highest BCUT2D eigenvalue weighted by molar-refractivity contribution is 5.21. The molecule has 0 aliphatic carbocycles. The number of aliphatic hydroxyl groups is 1. The smallest absolute Gasteiger partial charge is 0.0446 e. The van der Waals surface area contributed by atoms with E-state index in [2.05, 4.69) is 54.8 Å². The van der Waals surface area contributed by atoms with Crippen molar-refractivity contribution in [3.63, 3.8) is 0 Å². The van der Waals surface area contributed by atoms with Crippen LogP contribution in [0.15, 0.2) is 24.3 Å². The summed E-state index contributed by atoms with van der Waals surface area (Å²) in [6, 6.07) is 9.34. The lowest BCUT2D eigenvalue weighted by atomic mass is 10.0. The zero-order chi connectivity index (χ0) is 15.2. The molecule has 1 fully saturated rings. The average molecular weight is 290 g/mol. The molecule has 1 aromatic rings. The van der Waals surface area contributed by atoms with Crippen LogP contribution in [0.2, 0.25) is 0 Å². The Morgan fingerprint density at radius 2 is 1.90 bits per heavy atom. The van der Waals surface area contributed by atoms with Gasteiger partial charge in [0.05, 0.1) is 0 Å². The van der Waals surface area contributed by atoms with Crippen molar-refractivity contribution in [2.24, 2.45) is 5.92 Å². The third-order valence-electron chi connectivity index (χ3n) is 4.28. The van der Waals surface area contributed by atoms with Gasteiger partial charge in [-0.3, -0.25) is 9.80 Å². The summed E-state index contributed by atoms with van der Waals surface area (Å²) >= 11 is 0. The number of benzene rings is 1. The van der Waals surface area contributed by atoms with E-state index >= 15 is 0 Å². The zero-order valence-electron chi connectivity index (χ0n) is 13.8. The van der Waals surface area contributed by atoms with Crippen LogP contribution in [-0.4, -0.2) is 53.7 Å². The van der Waals surface area contributed by atoms with Crippen LogP contribution in [0.25, 0.3) is 0 Å². The van der Waals surface area contributed by atoms with E-state index in [1.165, 1.54) is 11.1 Å². The van der Waals surface area contributed by atoms with Gasteiger partial charge in [0.1, 0.15) is 0 Å². The van der Waals surface area contributed by atoms with Crippen LogP contribution < -0.4 is 0 Å². The Morgan fingerprint density at radius 3 is 2.52 bits per heavy atom. The minimum absolute atomic E-state index is 0.289. The van der Waals surface area contributed by atoms with Gasteiger partial charge in [-0.2, -0.15) is 0 Å². The number of hydrogen-bond acceptors (Lipinski definition) is 3. The van der Waals surface area contributed by atoms with Gasteiger partial charge in [0.2, 0.25) is 0 Å². The largest absolute Gasteiger partial charge is 0.396 e. The molecule has 0 saturated carbocycles. The third-order valence-corrected chi connectivity index (χ3v) is 4.28. The topological polar surface area (TPSA) is 26.7 Å². The summed E-state index contributed by atoms with van der Waals surface area (Å²) in [6.45, 7) is 12.5. The van der Waals surface area contributed by atoms with Crippen molar-refractivity contribution >= 4 is 0 Å². The van der Waals surface area contributed by atoms with Crippen LogP contribution in [0.5, 0.6) is 0 Å². The van der Waals surface area contributed by atoms with Crippen molar-refractivity contribution < 1.29 is 5.11 Å². The summed E-state index contributed by atoms with van der Waals surface area (Å²) in [5.74, 6) is 0.690. The molecule has 0 aromatic heterocycles. The molecule has 3 nitrogen and oxygen atoms in total. The molecule has 1 heterocycles. The lowest BCUT2D eigenvalue weighted by Crippen LogP contribution is -2.53. The summed E-state index contributed by atoms with van der Waals surface area (Å²) in [4.78, 5) is 5.09. The molecule has 1 aliphatic rings. The van der Waals surface area contributed by atoms with E-state index in [0.717, 1.165) is 39.1 Å². The number of rotatable bonds is 6. The Hall–Kier alpha value is -0.900. The van der Waals surface area contributed by atoms with Crippen molar-refractivity contribution in [1.82, 2.24) is 9.80 Å². The van der Waals surface area contributed by atoms with E-state index in [1.807, 2.05) is 0 Å². The van der Waals surface area contributed by atoms with Gasteiger partial charge in [-0.1, -0.05) is 43.7 Å². The fourth-order valence-electron chi connectivity index (χ4n) is 3.18. The maximum Gasteiger partial charge on any atom is 0.0446 e. The van der Waals surface area contributed by atoms with E-state index < -0.39 is 0 Å². The number of piperazine rings is 1. The minimum atomic E-state index is 0.289. The number of aryl methyl sites for hydroxylation is 1. The summed E-state index contributed by atoms with van der Waals surface area (Å²) in [5.41, 5.74) is 2.71. The van der Waals surface area contributed by atoms with E-state index in [1.54, 1.807) is 0 Å². The summed E-state index contributed by atoms with van der Waals surface area (Å²) < 4.78 is 0. The summed E-state index contributed by atoms with van der Waals surface area (Å²) in [7, 11) is 0. The molecule has 1 N–H and O–H groups in total. The van der Waals surface area contributed by atoms with Crippen molar-refractivity contribution in [1.29, 1.82) is 0 Å². The highest BCUT2D eigenvalue weighted by Crippen LogP contribution is 2.17. The molecule has 118 valence electrons. The molecule has 0 radical (unpaired) electrons. The van der Waals surface area contributed by atoms with Crippen molar-refractivity contribution in [2.75, 3.05) is 32.8 Å². The second kappa shape index (κ2) is 7.92. The maximum absolute atomic E-state index is 9.33. The molecule has 1 atom stereocenters. The van der Waals surface area contributed by atoms with Crippen LogP contribution >= 0.6 is 0 Å². The second-order valence-electron chi connectivity index (χ2n) is 6.78. The number of nitrogens with zero attached hydrogens (tertiary/aromatic N) is 2. The minimum Gasteiger partial charge on any atom is -0.396 e. The molecule has 0 amide bonds. The van der Waals surface area contributed by atoms with Crippen molar-refractivity contribution in [2.45, 2.75) is 39.8 Å². The highest BCUT2D eigenvalue weighted by Gasteiger charge is 2.26. The van der Waals surface area contributed by atoms with Crippen LogP contribution in [0, 0.1) is 12.8 Å². The molecule has 21 heavy (non-hydrogen) atoms. The Balaban J connectivity index is 1.93. The first-order chi connectivity index (χ1) is 10.1. The molecule has 1 aromatic carbocycles. The Bertz CT molecular complexity index is 416. The van der Waals surface area contributed by atoms with E-state index in [9.17, 15) is 5.11 Å². The predicted octanol–water partition coefficient (Wildman–Crippen LogP) is 2.52. The summed E-state index contributed by atoms with van der Waals surface area (Å²) in [5, 5.41) is 9.33. The Morgan fingerprint density at radius 1 is 1.19 bits per heavy atom. The second-order valence-corrected chi connectivity index (χ2v) is 6.78. The number of aliphatic hydroxyl groups excluding tert-OH is 1. The van der Waals surface area contributed by atoms with Gasteiger partial charge in [0.15, 0.2) is 0 Å². The SMILES string of the molecule is Cc1ccc(CN2CCN(CC(C)C)C(CCO)C2)cc1. The molecule has 1 saturated heterocycles. The van der Waals surface area contributed by atoms with Gasteiger partial charge in [0.25, 0.3) is 0 Å². The van der Waals surface area contributed by atoms with Gasteiger partial charge in [-0.05, 0) is 24.8 Å². The molecule has 0 spiro atoms. The first kappa shape index (κ1) is 16.5. The van der Waals surface area contributed by atoms with Gasteiger partial charge < -0.3 is 5.11 Å². The molecular weight excluding hydrogens is 260 g/mol. The molecule has 1 unspecified atom stereocenters. The molecular formula is C18H30N2O. The standard InChI is InChI=1S/C18H30N2O/c1-15(2)12-20-10-9-19(14-18(20)8-11-21)13-17-6-4-16(3)5-7-17/h4-7,15,18,21H,8-14H2,1-3H3. The van der Waals surface area contributed by atoms with Crippen LogP contribution in [-0.2, 0) is 6.54 Å². The van der Waals surface area contributed by atoms with Crippen LogP contribution in [0.4, 0.5) is 0 Å². The van der Waals surface area contributed by atoms with Crippen LogP contribution in [0.3, 0.4) is 0 Å². The van der Waals surface area contributed by atoms with E-state index in [4.69, 9.17) is 0 Å². The van der Waals surface area contributed by atoms with Crippen molar-refractivity contribution in [3.05, 3.63) is 35.4 Å². The van der Waals surface area contributed by atoms with Gasteiger partial charge in [0, 0.05) is 45.4 Å². The zero-order valence-corrected chi connectivity index (χ0v) is 13.8. The summed E-state index contributed by atoms with van der Waals surface area (Å²) in [6.07, 6.45) is 0.886. The fraction of sp³-hybridized carbons (Fsp3) is 0.667. The fourth-order valence-corrected chi connectivity index (χ4v) is 3.18. The van der Waals surface area contributed by atoms with Gasteiger partial charge >= 0.3 is 0 Å². The number of hydrogen-bond donors (Lipinski definition) is 1. The maximum atomic E-state index is 9.33. The Labute approximate surface area is 129 Å². The monoisotopic (exact) mass is 290 g/mol. The first-order valence-electron chi connectivity index (χ1n) is 8.21. The predicted molar refractivity (Wildman–Crippen MR) is 88.4 cm³/mol. The average Bonchev–Trinajstić information content (AvgIpc) is 2.44. The van der Waals surface area contributed by atoms with Gasteiger partial charge in [-0.15, -0.1) is 0 Å². The molecule has 3 heteroatoms. The molecule has 2 rings (SSSR count). The first-order valence-corrected chi connectivity index (χ1v) is 8.21. The molecule has 0 bridgehead atoms. The van der Waals surface area contributed by atoms with Crippen LogP contribution in [0.1, 0.15) is 31.4 Å². The van der Waals surface area contributed by atoms with Gasteiger partial charge in [-0.25, -0.2) is 0 Å². The van der Waals surface area contributed by atoms with E-state index in [-0.39, 0.29) is 6.61 Å². The quantitative estimate of drug-likeness (QED) is 0.872. The van der Waals surface area contributed by atoms with E-state index in [0.29, 0.717) is 12.0 Å².